The predicted molar refractivity (Wildman–Crippen MR) is 76.1 cm³/mol. The van der Waals surface area contributed by atoms with Crippen molar-refractivity contribution in [1.82, 2.24) is 5.32 Å². The second kappa shape index (κ2) is 5.31. The van der Waals surface area contributed by atoms with Crippen molar-refractivity contribution in [2.75, 3.05) is 13.7 Å². The lowest BCUT2D eigenvalue weighted by Crippen LogP contribution is -2.30. The van der Waals surface area contributed by atoms with Crippen LogP contribution in [-0.4, -0.2) is 13.7 Å². The highest BCUT2D eigenvalue weighted by molar-refractivity contribution is 5.39. The second-order valence-corrected chi connectivity index (χ2v) is 6.42. The van der Waals surface area contributed by atoms with E-state index in [1.165, 1.54) is 24.0 Å². The van der Waals surface area contributed by atoms with Gasteiger partial charge in [-0.15, -0.1) is 0 Å². The number of ether oxygens (including phenoxy) is 1. The zero-order valence-electron chi connectivity index (χ0n) is 12.0. The van der Waals surface area contributed by atoms with Crippen LogP contribution in [0.5, 0.6) is 5.75 Å². The van der Waals surface area contributed by atoms with Gasteiger partial charge in [-0.05, 0) is 54.5 Å². The van der Waals surface area contributed by atoms with E-state index in [9.17, 15) is 0 Å². The maximum atomic E-state index is 5.31. The van der Waals surface area contributed by atoms with Gasteiger partial charge in [-0.25, -0.2) is 0 Å². The number of fused-ring (bicyclic) bond motifs is 1. The van der Waals surface area contributed by atoms with Crippen LogP contribution < -0.4 is 10.1 Å². The van der Waals surface area contributed by atoms with E-state index < -0.39 is 0 Å². The molecule has 1 unspecified atom stereocenters. The molecule has 1 N–H and O–H groups in total. The first-order chi connectivity index (χ1) is 8.49. The van der Waals surface area contributed by atoms with E-state index >= 15 is 0 Å². The van der Waals surface area contributed by atoms with Gasteiger partial charge in [0, 0.05) is 6.04 Å². The van der Waals surface area contributed by atoms with Crippen molar-refractivity contribution in [3.63, 3.8) is 0 Å². The van der Waals surface area contributed by atoms with Crippen LogP contribution in [0.4, 0.5) is 0 Å². The first kappa shape index (κ1) is 13.4. The Balaban J connectivity index is 2.13. The molecule has 1 aliphatic rings. The smallest absolute Gasteiger partial charge is 0.119 e. The molecule has 2 rings (SSSR count). The van der Waals surface area contributed by atoms with Gasteiger partial charge in [0.1, 0.15) is 5.75 Å². The van der Waals surface area contributed by atoms with Crippen LogP contribution in [0.3, 0.4) is 0 Å². The van der Waals surface area contributed by atoms with Crippen molar-refractivity contribution >= 4 is 0 Å². The number of hydrogen-bond donors (Lipinski definition) is 1. The SMILES string of the molecule is COc1ccc2c(c1)CCNC2CCC(C)(C)C. The van der Waals surface area contributed by atoms with Crippen LogP contribution in [0.15, 0.2) is 18.2 Å². The number of rotatable bonds is 3. The fraction of sp³-hybridized carbons (Fsp3) is 0.625. The van der Waals surface area contributed by atoms with Crippen LogP contribution in [0.2, 0.25) is 0 Å². The zero-order valence-corrected chi connectivity index (χ0v) is 12.0. The van der Waals surface area contributed by atoms with E-state index in [2.05, 4.69) is 44.3 Å². The summed E-state index contributed by atoms with van der Waals surface area (Å²) in [6.07, 6.45) is 3.57. The Morgan fingerprint density at radius 1 is 1.33 bits per heavy atom. The maximum Gasteiger partial charge on any atom is 0.119 e. The van der Waals surface area contributed by atoms with Crippen LogP contribution >= 0.6 is 0 Å². The lowest BCUT2D eigenvalue weighted by Gasteiger charge is -2.29. The fourth-order valence-electron chi connectivity index (χ4n) is 2.59. The topological polar surface area (TPSA) is 21.3 Å². The zero-order chi connectivity index (χ0) is 13.2. The summed E-state index contributed by atoms with van der Waals surface area (Å²) in [4.78, 5) is 0. The standard InChI is InChI=1S/C16H25NO/c1-16(2,3)9-7-15-14-6-5-13(18-4)11-12(14)8-10-17-15/h5-6,11,15,17H,7-10H2,1-4H3. The summed E-state index contributed by atoms with van der Waals surface area (Å²) in [6, 6.07) is 7.02. The van der Waals surface area contributed by atoms with Crippen molar-refractivity contribution in [3.05, 3.63) is 29.3 Å². The van der Waals surface area contributed by atoms with E-state index in [4.69, 9.17) is 4.74 Å². The molecular weight excluding hydrogens is 222 g/mol. The highest BCUT2D eigenvalue weighted by atomic mass is 16.5. The first-order valence-electron chi connectivity index (χ1n) is 6.90. The van der Waals surface area contributed by atoms with Gasteiger partial charge < -0.3 is 10.1 Å². The molecule has 1 atom stereocenters. The molecule has 1 aromatic carbocycles. The monoisotopic (exact) mass is 247 g/mol. The molecule has 0 bridgehead atoms. The molecule has 0 aromatic heterocycles. The molecule has 100 valence electrons. The van der Waals surface area contributed by atoms with Gasteiger partial charge in [-0.1, -0.05) is 26.8 Å². The van der Waals surface area contributed by atoms with Crippen LogP contribution in [0.1, 0.15) is 50.8 Å². The molecule has 0 aliphatic carbocycles. The Morgan fingerprint density at radius 2 is 2.11 bits per heavy atom. The lowest BCUT2D eigenvalue weighted by atomic mass is 9.84. The Morgan fingerprint density at radius 3 is 2.78 bits per heavy atom. The molecule has 18 heavy (non-hydrogen) atoms. The van der Waals surface area contributed by atoms with Gasteiger partial charge in [0.2, 0.25) is 0 Å². The van der Waals surface area contributed by atoms with Gasteiger partial charge in [-0.3, -0.25) is 0 Å². The Bertz CT molecular complexity index is 406. The Labute approximate surface area is 111 Å². The summed E-state index contributed by atoms with van der Waals surface area (Å²) >= 11 is 0. The van der Waals surface area contributed by atoms with Crippen molar-refractivity contribution in [2.45, 2.75) is 46.1 Å². The highest BCUT2D eigenvalue weighted by Gasteiger charge is 2.22. The molecule has 0 fully saturated rings. The molecular formula is C16H25NO. The van der Waals surface area contributed by atoms with Crippen LogP contribution in [0.25, 0.3) is 0 Å². The molecule has 1 heterocycles. The third-order valence-corrected chi connectivity index (χ3v) is 3.69. The molecule has 2 nitrogen and oxygen atoms in total. The predicted octanol–water partition coefficient (Wildman–Crippen LogP) is 3.71. The largest absolute Gasteiger partial charge is 0.497 e. The summed E-state index contributed by atoms with van der Waals surface area (Å²) in [5, 5.41) is 3.64. The maximum absolute atomic E-state index is 5.31. The summed E-state index contributed by atoms with van der Waals surface area (Å²) < 4.78 is 5.31. The number of methoxy groups -OCH3 is 1. The minimum Gasteiger partial charge on any atom is -0.497 e. The number of benzene rings is 1. The van der Waals surface area contributed by atoms with Gasteiger partial charge in [0.05, 0.1) is 7.11 Å². The molecule has 0 spiro atoms. The minimum absolute atomic E-state index is 0.408. The van der Waals surface area contributed by atoms with E-state index in [0.717, 1.165) is 18.7 Å². The summed E-state index contributed by atoms with van der Waals surface area (Å²) in [7, 11) is 1.74. The molecule has 1 aliphatic heterocycles. The van der Waals surface area contributed by atoms with E-state index in [1.807, 2.05) is 0 Å². The van der Waals surface area contributed by atoms with Gasteiger partial charge >= 0.3 is 0 Å². The average molecular weight is 247 g/mol. The van der Waals surface area contributed by atoms with Crippen molar-refractivity contribution in [2.24, 2.45) is 5.41 Å². The minimum atomic E-state index is 0.408. The molecule has 0 radical (unpaired) electrons. The molecule has 0 amide bonds. The lowest BCUT2D eigenvalue weighted by molar-refractivity contribution is 0.327. The second-order valence-electron chi connectivity index (χ2n) is 6.42. The Kier molecular flexibility index (Phi) is 3.96. The Hall–Kier alpha value is -1.02. The fourth-order valence-corrected chi connectivity index (χ4v) is 2.59. The summed E-state index contributed by atoms with van der Waals surface area (Å²) in [5.74, 6) is 0.977. The quantitative estimate of drug-likeness (QED) is 0.879. The summed E-state index contributed by atoms with van der Waals surface area (Å²) in [6.45, 7) is 8.01. The van der Waals surface area contributed by atoms with Crippen LogP contribution in [0, 0.1) is 5.41 Å². The van der Waals surface area contributed by atoms with Crippen molar-refractivity contribution in [3.8, 4) is 5.75 Å². The normalized spacial score (nSPS) is 19.4. The molecule has 0 saturated heterocycles. The van der Waals surface area contributed by atoms with Crippen LogP contribution in [-0.2, 0) is 6.42 Å². The van der Waals surface area contributed by atoms with Gasteiger partial charge in [-0.2, -0.15) is 0 Å². The number of hydrogen-bond acceptors (Lipinski definition) is 2. The first-order valence-corrected chi connectivity index (χ1v) is 6.90. The third kappa shape index (κ3) is 3.26. The van der Waals surface area contributed by atoms with E-state index in [-0.39, 0.29) is 0 Å². The van der Waals surface area contributed by atoms with Crippen molar-refractivity contribution in [1.29, 1.82) is 0 Å². The number of nitrogens with one attached hydrogen (secondary N) is 1. The molecule has 1 aromatic rings. The van der Waals surface area contributed by atoms with Gasteiger partial charge in [0.15, 0.2) is 0 Å². The molecule has 2 heteroatoms. The van der Waals surface area contributed by atoms with E-state index in [0.29, 0.717) is 11.5 Å². The molecule has 0 saturated carbocycles. The third-order valence-electron chi connectivity index (χ3n) is 3.69. The van der Waals surface area contributed by atoms with E-state index in [1.54, 1.807) is 7.11 Å². The van der Waals surface area contributed by atoms with Crippen molar-refractivity contribution < 1.29 is 4.74 Å². The van der Waals surface area contributed by atoms with Gasteiger partial charge in [0.25, 0.3) is 0 Å². The highest BCUT2D eigenvalue weighted by Crippen LogP contribution is 2.32. The average Bonchev–Trinajstić information content (AvgIpc) is 2.34. The summed E-state index contributed by atoms with van der Waals surface area (Å²) in [5.41, 5.74) is 3.32.